The van der Waals surface area contributed by atoms with Crippen LogP contribution in [0.1, 0.15) is 19.3 Å². The van der Waals surface area contributed by atoms with Crippen molar-refractivity contribution in [1.29, 1.82) is 0 Å². The molecule has 58 valence electrons. The second kappa shape index (κ2) is 2.51. The Morgan fingerprint density at radius 3 is 2.90 bits per heavy atom. The first kappa shape index (κ1) is 6.62. The van der Waals surface area contributed by atoms with Crippen LogP contribution in [0.5, 0.6) is 0 Å². The summed E-state index contributed by atoms with van der Waals surface area (Å²) < 4.78 is 5.14. The van der Waals surface area contributed by atoms with Gasteiger partial charge in [0.05, 0.1) is 6.61 Å². The van der Waals surface area contributed by atoms with Gasteiger partial charge in [-0.2, -0.15) is 0 Å². The summed E-state index contributed by atoms with van der Waals surface area (Å²) in [5, 5.41) is 3.58. The molecule has 2 fully saturated rings. The van der Waals surface area contributed by atoms with Crippen molar-refractivity contribution in [3.05, 3.63) is 0 Å². The Morgan fingerprint density at radius 2 is 2.40 bits per heavy atom. The second-order valence-corrected chi connectivity index (χ2v) is 3.50. The second-order valence-electron chi connectivity index (χ2n) is 3.50. The summed E-state index contributed by atoms with van der Waals surface area (Å²) in [6, 6.07) is 1.61. The molecule has 0 aliphatic carbocycles. The molecule has 2 saturated heterocycles. The molecular formula is C8H15NO. The van der Waals surface area contributed by atoms with Crippen LogP contribution in [0.25, 0.3) is 0 Å². The largest absolute Gasteiger partial charge is 0.384 e. The van der Waals surface area contributed by atoms with Gasteiger partial charge in [0, 0.05) is 19.2 Å². The number of rotatable bonds is 2. The molecule has 2 aliphatic heterocycles. The van der Waals surface area contributed by atoms with Crippen molar-refractivity contribution in [1.82, 2.24) is 5.32 Å². The van der Waals surface area contributed by atoms with E-state index in [0.717, 1.165) is 24.6 Å². The molecule has 2 heterocycles. The van der Waals surface area contributed by atoms with E-state index in [-0.39, 0.29) is 0 Å². The Morgan fingerprint density at radius 1 is 1.50 bits per heavy atom. The van der Waals surface area contributed by atoms with Gasteiger partial charge in [-0.15, -0.1) is 0 Å². The van der Waals surface area contributed by atoms with Crippen LogP contribution in [-0.4, -0.2) is 25.8 Å². The molecule has 2 aliphatic rings. The summed E-state index contributed by atoms with van der Waals surface area (Å²) in [5.74, 6) is 0.809. The van der Waals surface area contributed by atoms with Crippen molar-refractivity contribution in [3.63, 3.8) is 0 Å². The smallest absolute Gasteiger partial charge is 0.0505 e. The quantitative estimate of drug-likeness (QED) is 0.613. The molecule has 10 heavy (non-hydrogen) atoms. The van der Waals surface area contributed by atoms with Gasteiger partial charge in [-0.3, -0.25) is 0 Å². The molecule has 0 amide bonds. The third-order valence-electron chi connectivity index (χ3n) is 2.81. The molecule has 0 aromatic heterocycles. The van der Waals surface area contributed by atoms with Gasteiger partial charge in [0.25, 0.3) is 0 Å². The number of hydrogen-bond donors (Lipinski definition) is 1. The minimum absolute atomic E-state index is 0.782. The molecule has 0 spiro atoms. The fourth-order valence-corrected chi connectivity index (χ4v) is 2.34. The topological polar surface area (TPSA) is 21.3 Å². The number of fused-ring (bicyclic) bond motifs is 2. The Hall–Kier alpha value is -0.0800. The third kappa shape index (κ3) is 0.956. The highest BCUT2D eigenvalue weighted by molar-refractivity contribution is 4.96. The van der Waals surface area contributed by atoms with Crippen LogP contribution < -0.4 is 5.32 Å². The fraction of sp³-hybridized carbons (Fsp3) is 1.00. The number of ether oxygens (including phenoxy) is 1. The molecule has 0 aromatic carbocycles. The maximum Gasteiger partial charge on any atom is 0.0505 e. The zero-order valence-corrected chi connectivity index (χ0v) is 6.47. The van der Waals surface area contributed by atoms with Crippen molar-refractivity contribution in [2.45, 2.75) is 31.3 Å². The molecule has 2 rings (SSSR count). The summed E-state index contributed by atoms with van der Waals surface area (Å²) in [6.45, 7) is 0.953. The first-order chi connectivity index (χ1) is 4.90. The lowest BCUT2D eigenvalue weighted by Crippen LogP contribution is -2.25. The van der Waals surface area contributed by atoms with Crippen molar-refractivity contribution >= 4 is 0 Å². The first-order valence-electron chi connectivity index (χ1n) is 4.15. The van der Waals surface area contributed by atoms with Gasteiger partial charge in [-0.1, -0.05) is 0 Å². The zero-order valence-electron chi connectivity index (χ0n) is 6.47. The van der Waals surface area contributed by atoms with E-state index in [1.165, 1.54) is 19.3 Å². The van der Waals surface area contributed by atoms with Gasteiger partial charge in [0.2, 0.25) is 0 Å². The van der Waals surface area contributed by atoms with E-state index < -0.39 is 0 Å². The Bertz CT molecular complexity index is 126. The maximum absolute atomic E-state index is 5.14. The van der Waals surface area contributed by atoms with Crippen LogP contribution in [0.3, 0.4) is 0 Å². The predicted molar refractivity (Wildman–Crippen MR) is 39.9 cm³/mol. The molecule has 0 saturated carbocycles. The van der Waals surface area contributed by atoms with E-state index in [1.807, 2.05) is 0 Å². The van der Waals surface area contributed by atoms with Gasteiger partial charge in [-0.05, 0) is 25.2 Å². The summed E-state index contributed by atoms with van der Waals surface area (Å²) in [6.07, 6.45) is 4.11. The molecule has 0 unspecified atom stereocenters. The average molecular weight is 141 g/mol. The van der Waals surface area contributed by atoms with Gasteiger partial charge in [-0.25, -0.2) is 0 Å². The van der Waals surface area contributed by atoms with Gasteiger partial charge in [0.1, 0.15) is 0 Å². The highest BCUT2D eigenvalue weighted by Gasteiger charge is 2.38. The molecule has 3 atom stereocenters. The highest BCUT2D eigenvalue weighted by atomic mass is 16.5. The van der Waals surface area contributed by atoms with Crippen LogP contribution in [0.15, 0.2) is 0 Å². The highest BCUT2D eigenvalue weighted by Crippen LogP contribution is 2.32. The average Bonchev–Trinajstić information content (AvgIpc) is 2.48. The summed E-state index contributed by atoms with van der Waals surface area (Å²) in [5.41, 5.74) is 0. The number of hydrogen-bond acceptors (Lipinski definition) is 2. The number of methoxy groups -OCH3 is 1. The summed E-state index contributed by atoms with van der Waals surface area (Å²) >= 11 is 0. The lowest BCUT2D eigenvalue weighted by atomic mass is 9.90. The minimum Gasteiger partial charge on any atom is -0.384 e. The van der Waals surface area contributed by atoms with E-state index in [0.29, 0.717) is 0 Å². The van der Waals surface area contributed by atoms with Crippen LogP contribution in [0, 0.1) is 5.92 Å². The zero-order chi connectivity index (χ0) is 6.97. The molecule has 0 aromatic rings. The maximum atomic E-state index is 5.14. The van der Waals surface area contributed by atoms with Crippen molar-refractivity contribution < 1.29 is 4.74 Å². The van der Waals surface area contributed by atoms with Crippen molar-refractivity contribution in [3.8, 4) is 0 Å². The molecule has 2 heteroatoms. The van der Waals surface area contributed by atoms with E-state index in [4.69, 9.17) is 4.74 Å². The molecule has 0 radical (unpaired) electrons. The van der Waals surface area contributed by atoms with Crippen molar-refractivity contribution in [2.75, 3.05) is 13.7 Å². The Balaban J connectivity index is 1.90. The normalized spacial score (nSPS) is 44.7. The van der Waals surface area contributed by atoms with Gasteiger partial charge >= 0.3 is 0 Å². The first-order valence-corrected chi connectivity index (χ1v) is 4.15. The van der Waals surface area contributed by atoms with Gasteiger partial charge in [0.15, 0.2) is 0 Å². The van der Waals surface area contributed by atoms with Crippen molar-refractivity contribution in [2.24, 2.45) is 5.92 Å². The molecule has 1 N–H and O–H groups in total. The summed E-state index contributed by atoms with van der Waals surface area (Å²) in [4.78, 5) is 0. The van der Waals surface area contributed by atoms with Crippen LogP contribution >= 0.6 is 0 Å². The fourth-order valence-electron chi connectivity index (χ4n) is 2.34. The monoisotopic (exact) mass is 141 g/mol. The predicted octanol–water partition coefficient (Wildman–Crippen LogP) is 0.773. The Labute approximate surface area is 61.9 Å². The lowest BCUT2D eigenvalue weighted by molar-refractivity contribution is 0.139. The third-order valence-corrected chi connectivity index (χ3v) is 2.81. The van der Waals surface area contributed by atoms with E-state index in [2.05, 4.69) is 5.32 Å². The standard InChI is InChI=1S/C8H15NO/c1-10-5-6-4-7-2-3-8(6)9-7/h6-9H,2-5H2,1H3/t6-,7+,8-/m0/s1. The van der Waals surface area contributed by atoms with Crippen LogP contribution in [0.2, 0.25) is 0 Å². The van der Waals surface area contributed by atoms with E-state index in [1.54, 1.807) is 7.11 Å². The molecular weight excluding hydrogens is 126 g/mol. The molecule has 2 bridgehead atoms. The van der Waals surface area contributed by atoms with Gasteiger partial charge < -0.3 is 10.1 Å². The Kier molecular flexibility index (Phi) is 1.66. The van der Waals surface area contributed by atoms with E-state index >= 15 is 0 Å². The lowest BCUT2D eigenvalue weighted by Gasteiger charge is -2.18. The van der Waals surface area contributed by atoms with Crippen LogP contribution in [-0.2, 0) is 4.74 Å². The summed E-state index contributed by atoms with van der Waals surface area (Å²) in [7, 11) is 1.80. The van der Waals surface area contributed by atoms with E-state index in [9.17, 15) is 0 Å². The molecule has 2 nitrogen and oxygen atoms in total. The van der Waals surface area contributed by atoms with Crippen LogP contribution in [0.4, 0.5) is 0 Å². The minimum atomic E-state index is 0.782. The number of nitrogens with one attached hydrogen (secondary N) is 1. The SMILES string of the molecule is COC[C@@H]1C[C@H]2CC[C@@H]1N2.